The van der Waals surface area contributed by atoms with Gasteiger partial charge in [-0.05, 0) is 41.0 Å². The van der Waals surface area contributed by atoms with Gasteiger partial charge in [0.25, 0.3) is 0 Å². The van der Waals surface area contributed by atoms with E-state index in [-0.39, 0.29) is 17.2 Å². The van der Waals surface area contributed by atoms with Crippen LogP contribution in [-0.4, -0.2) is 18.4 Å². The largest absolute Gasteiger partial charge is 0.325 e. The predicted octanol–water partition coefficient (Wildman–Crippen LogP) is 4.46. The average Bonchev–Trinajstić information content (AvgIpc) is 3.04. The molecule has 0 atom stereocenters. The van der Waals surface area contributed by atoms with E-state index < -0.39 is 0 Å². The van der Waals surface area contributed by atoms with Gasteiger partial charge in [0.2, 0.25) is 11.8 Å². The third-order valence-corrected chi connectivity index (χ3v) is 5.05. The summed E-state index contributed by atoms with van der Waals surface area (Å²) in [6.45, 7) is 8.75. The quantitative estimate of drug-likeness (QED) is 0.870. The van der Waals surface area contributed by atoms with E-state index in [1.54, 1.807) is 0 Å². The molecule has 1 aliphatic heterocycles. The van der Waals surface area contributed by atoms with Crippen LogP contribution in [0.2, 0.25) is 0 Å². The molecule has 0 spiro atoms. The van der Waals surface area contributed by atoms with Crippen LogP contribution in [0.1, 0.15) is 50.8 Å². The smallest absolute Gasteiger partial charge is 0.227 e. The van der Waals surface area contributed by atoms with Crippen molar-refractivity contribution in [3.05, 3.63) is 59.2 Å². The number of fused-ring (bicyclic) bond motifs is 1. The van der Waals surface area contributed by atoms with Gasteiger partial charge in [-0.25, -0.2) is 0 Å². The summed E-state index contributed by atoms with van der Waals surface area (Å²) < 4.78 is 0. The fourth-order valence-corrected chi connectivity index (χ4v) is 3.55. The number of hydrogen-bond acceptors (Lipinski definition) is 2. The van der Waals surface area contributed by atoms with Crippen LogP contribution >= 0.6 is 0 Å². The van der Waals surface area contributed by atoms with Crippen LogP contribution in [0.3, 0.4) is 0 Å². The van der Waals surface area contributed by atoms with Gasteiger partial charge in [0.1, 0.15) is 0 Å². The summed E-state index contributed by atoms with van der Waals surface area (Å²) in [6, 6.07) is 14.4. The van der Waals surface area contributed by atoms with Crippen LogP contribution in [0, 0.1) is 0 Å². The van der Waals surface area contributed by atoms with Gasteiger partial charge < -0.3 is 10.2 Å². The van der Waals surface area contributed by atoms with Crippen molar-refractivity contribution in [3.8, 4) is 0 Å². The lowest BCUT2D eigenvalue weighted by molar-refractivity contribution is -0.118. The Bertz CT molecular complexity index is 848. The van der Waals surface area contributed by atoms with E-state index in [0.717, 1.165) is 29.8 Å². The van der Waals surface area contributed by atoms with Crippen molar-refractivity contribution in [3.63, 3.8) is 0 Å². The molecule has 2 aromatic carbocycles. The predicted molar refractivity (Wildman–Crippen MR) is 110 cm³/mol. The number of nitrogens with zero attached hydrogens (tertiary/aromatic N) is 1. The molecule has 0 saturated carbocycles. The molecule has 1 N–H and O–H groups in total. The number of benzene rings is 2. The Morgan fingerprint density at radius 1 is 1.07 bits per heavy atom. The number of para-hydroxylation sites is 1. The van der Waals surface area contributed by atoms with Gasteiger partial charge in [-0.3, -0.25) is 9.59 Å². The van der Waals surface area contributed by atoms with Crippen molar-refractivity contribution < 1.29 is 9.59 Å². The fourth-order valence-electron chi connectivity index (χ4n) is 3.55. The maximum Gasteiger partial charge on any atom is 0.227 e. The van der Waals surface area contributed by atoms with Crippen molar-refractivity contribution in [1.82, 2.24) is 0 Å². The lowest BCUT2D eigenvalue weighted by Gasteiger charge is -2.21. The first-order valence-corrected chi connectivity index (χ1v) is 9.55. The minimum Gasteiger partial charge on any atom is -0.325 e. The average molecular weight is 364 g/mol. The Morgan fingerprint density at radius 3 is 2.41 bits per heavy atom. The van der Waals surface area contributed by atoms with Crippen molar-refractivity contribution in [2.45, 2.75) is 52.4 Å². The second-order valence-electron chi connectivity index (χ2n) is 8.24. The minimum atomic E-state index is -0.123. The van der Waals surface area contributed by atoms with Crippen molar-refractivity contribution in [1.29, 1.82) is 0 Å². The zero-order valence-electron chi connectivity index (χ0n) is 16.6. The number of hydrogen-bond donors (Lipinski definition) is 1. The Labute approximate surface area is 161 Å². The number of carbonyl (C=O) groups excluding carboxylic acids is 2. The Kier molecular flexibility index (Phi) is 5.36. The molecule has 27 heavy (non-hydrogen) atoms. The van der Waals surface area contributed by atoms with E-state index in [4.69, 9.17) is 0 Å². The van der Waals surface area contributed by atoms with E-state index in [0.29, 0.717) is 13.0 Å². The maximum absolute atomic E-state index is 12.9. The number of amides is 2. The van der Waals surface area contributed by atoms with Crippen molar-refractivity contribution in [2.75, 3.05) is 16.8 Å². The minimum absolute atomic E-state index is 0.103. The van der Waals surface area contributed by atoms with Gasteiger partial charge in [0, 0.05) is 19.9 Å². The molecule has 0 aromatic heterocycles. The molecular weight excluding hydrogens is 336 g/mol. The van der Waals surface area contributed by atoms with Crippen LogP contribution in [0.4, 0.5) is 11.4 Å². The van der Waals surface area contributed by atoms with Crippen LogP contribution in [0.5, 0.6) is 0 Å². The highest BCUT2D eigenvalue weighted by molar-refractivity contribution is 6.02. The fraction of sp³-hybridized carbons (Fsp3) is 0.391. The summed E-state index contributed by atoms with van der Waals surface area (Å²) in [5.74, 6) is -0.0203. The first-order valence-electron chi connectivity index (χ1n) is 9.55. The zero-order chi connectivity index (χ0) is 19.6. The van der Waals surface area contributed by atoms with E-state index in [9.17, 15) is 9.59 Å². The molecule has 1 aliphatic rings. The lowest BCUT2D eigenvalue weighted by Crippen LogP contribution is -2.30. The molecule has 4 nitrogen and oxygen atoms in total. The summed E-state index contributed by atoms with van der Waals surface area (Å²) in [4.78, 5) is 26.2. The van der Waals surface area contributed by atoms with Gasteiger partial charge in [0.15, 0.2) is 0 Å². The molecule has 2 amide bonds. The second-order valence-corrected chi connectivity index (χ2v) is 8.24. The zero-order valence-corrected chi connectivity index (χ0v) is 16.6. The normalized spacial score (nSPS) is 13.4. The molecule has 142 valence electrons. The molecule has 4 heteroatoms. The molecule has 0 fully saturated rings. The van der Waals surface area contributed by atoms with E-state index in [1.807, 2.05) is 23.1 Å². The molecule has 1 heterocycles. The van der Waals surface area contributed by atoms with Crippen LogP contribution < -0.4 is 10.2 Å². The monoisotopic (exact) mass is 364 g/mol. The van der Waals surface area contributed by atoms with Crippen LogP contribution in [-0.2, 0) is 27.8 Å². The Balaban J connectivity index is 1.69. The Morgan fingerprint density at radius 2 is 1.78 bits per heavy atom. The molecular formula is C23H28N2O2. The number of aryl methyl sites for hydroxylation is 1. The van der Waals surface area contributed by atoms with E-state index in [1.165, 1.54) is 18.1 Å². The highest BCUT2D eigenvalue weighted by Crippen LogP contribution is 2.36. The van der Waals surface area contributed by atoms with Gasteiger partial charge in [-0.15, -0.1) is 0 Å². The van der Waals surface area contributed by atoms with Gasteiger partial charge >= 0.3 is 0 Å². The number of anilines is 2. The summed E-state index contributed by atoms with van der Waals surface area (Å²) in [7, 11) is 0. The summed E-state index contributed by atoms with van der Waals surface area (Å²) in [5.41, 5.74) is 5.30. The first-order chi connectivity index (χ1) is 12.8. The highest BCUT2D eigenvalue weighted by Gasteiger charge is 2.27. The van der Waals surface area contributed by atoms with Crippen LogP contribution in [0.25, 0.3) is 0 Å². The number of rotatable bonds is 4. The third kappa shape index (κ3) is 4.38. The maximum atomic E-state index is 12.9. The SMILES string of the molecule is CC(=O)Nc1cccc2c1N(C(=O)CCc1ccc(C(C)(C)C)cc1)CC2. The summed E-state index contributed by atoms with van der Waals surface area (Å²) in [5, 5.41) is 2.85. The molecule has 3 rings (SSSR count). The molecule has 0 radical (unpaired) electrons. The number of carbonyl (C=O) groups is 2. The van der Waals surface area contributed by atoms with Gasteiger partial charge in [-0.1, -0.05) is 57.2 Å². The van der Waals surface area contributed by atoms with E-state index >= 15 is 0 Å². The molecule has 0 bridgehead atoms. The number of nitrogens with one attached hydrogen (secondary N) is 1. The van der Waals surface area contributed by atoms with Gasteiger partial charge in [-0.2, -0.15) is 0 Å². The topological polar surface area (TPSA) is 49.4 Å². The Hall–Kier alpha value is -2.62. The first kappa shape index (κ1) is 19.2. The van der Waals surface area contributed by atoms with Gasteiger partial charge in [0.05, 0.1) is 11.4 Å². The third-order valence-electron chi connectivity index (χ3n) is 5.05. The van der Waals surface area contributed by atoms with Crippen molar-refractivity contribution in [2.24, 2.45) is 0 Å². The second kappa shape index (κ2) is 7.55. The van der Waals surface area contributed by atoms with Crippen LogP contribution in [0.15, 0.2) is 42.5 Å². The molecule has 0 aliphatic carbocycles. The highest BCUT2D eigenvalue weighted by atomic mass is 16.2. The van der Waals surface area contributed by atoms with Crippen molar-refractivity contribution >= 4 is 23.2 Å². The van der Waals surface area contributed by atoms with E-state index in [2.05, 4.69) is 50.4 Å². The molecule has 0 unspecified atom stereocenters. The standard InChI is InChI=1S/C23H28N2O2/c1-16(26)24-20-7-5-6-18-14-15-25(22(18)20)21(27)13-10-17-8-11-19(12-9-17)23(2,3)4/h5-9,11-12H,10,13-15H2,1-4H3,(H,24,26). The summed E-state index contributed by atoms with van der Waals surface area (Å²) >= 11 is 0. The molecule has 2 aromatic rings. The summed E-state index contributed by atoms with van der Waals surface area (Å²) in [6.07, 6.45) is 2.01. The molecule has 0 saturated heterocycles. The lowest BCUT2D eigenvalue weighted by atomic mass is 9.86.